The number of benzene rings is 1. The van der Waals surface area contributed by atoms with Crippen molar-refractivity contribution in [1.82, 2.24) is 19.8 Å². The molecule has 6 nitrogen and oxygen atoms in total. The molecule has 2 aromatic rings. The van der Waals surface area contributed by atoms with Gasteiger partial charge < -0.3 is 14.5 Å². The molecular formula is C20H26N4O2. The maximum atomic E-state index is 13.0. The highest BCUT2D eigenvalue weighted by atomic mass is 16.5. The van der Waals surface area contributed by atoms with E-state index in [0.29, 0.717) is 24.5 Å². The number of nitrogens with zero attached hydrogens (tertiary/aromatic N) is 4. The molecule has 6 heteroatoms. The molecule has 0 unspecified atom stereocenters. The van der Waals surface area contributed by atoms with E-state index in [1.165, 1.54) is 0 Å². The topological polar surface area (TPSA) is 58.6 Å². The first-order valence-electron chi connectivity index (χ1n) is 9.06. The number of ether oxygens (including phenoxy) is 1. The van der Waals surface area contributed by atoms with Crippen molar-refractivity contribution in [3.8, 4) is 11.4 Å². The molecule has 1 saturated heterocycles. The van der Waals surface area contributed by atoms with Gasteiger partial charge in [0.15, 0.2) is 5.82 Å². The van der Waals surface area contributed by atoms with Crippen molar-refractivity contribution in [3.05, 3.63) is 48.3 Å². The Hall–Kier alpha value is -2.31. The van der Waals surface area contributed by atoms with Crippen molar-refractivity contribution in [2.45, 2.75) is 18.9 Å². The third-order valence-corrected chi connectivity index (χ3v) is 4.51. The van der Waals surface area contributed by atoms with Gasteiger partial charge in [0.2, 0.25) is 0 Å². The summed E-state index contributed by atoms with van der Waals surface area (Å²) < 4.78 is 5.73. The van der Waals surface area contributed by atoms with Gasteiger partial charge in [0.05, 0.1) is 6.10 Å². The van der Waals surface area contributed by atoms with Gasteiger partial charge in [-0.3, -0.25) is 4.79 Å². The first-order valence-corrected chi connectivity index (χ1v) is 9.06. The Morgan fingerprint density at radius 1 is 1.15 bits per heavy atom. The summed E-state index contributed by atoms with van der Waals surface area (Å²) in [6.45, 7) is 2.96. The van der Waals surface area contributed by atoms with E-state index in [-0.39, 0.29) is 12.0 Å². The van der Waals surface area contributed by atoms with Gasteiger partial charge in [-0.1, -0.05) is 12.1 Å². The van der Waals surface area contributed by atoms with Crippen molar-refractivity contribution >= 4 is 5.91 Å². The zero-order chi connectivity index (χ0) is 18.4. The van der Waals surface area contributed by atoms with Crippen molar-refractivity contribution in [2.24, 2.45) is 0 Å². The Labute approximate surface area is 154 Å². The summed E-state index contributed by atoms with van der Waals surface area (Å²) in [5.74, 6) is 0.707. The fraction of sp³-hybridized carbons (Fsp3) is 0.450. The molecule has 1 aromatic heterocycles. The summed E-state index contributed by atoms with van der Waals surface area (Å²) in [6, 6.07) is 9.30. The molecule has 1 aliphatic rings. The van der Waals surface area contributed by atoms with E-state index >= 15 is 0 Å². The number of carbonyl (C=O) groups excluding carboxylic acids is 1. The van der Waals surface area contributed by atoms with Crippen LogP contribution < -0.4 is 0 Å². The van der Waals surface area contributed by atoms with Crippen LogP contribution in [0.2, 0.25) is 0 Å². The van der Waals surface area contributed by atoms with E-state index in [4.69, 9.17) is 4.74 Å². The molecule has 0 bridgehead atoms. The number of carbonyl (C=O) groups is 1. The van der Waals surface area contributed by atoms with Crippen LogP contribution in [-0.2, 0) is 4.74 Å². The fourth-order valence-corrected chi connectivity index (χ4v) is 3.02. The molecular weight excluding hydrogens is 328 g/mol. The van der Waals surface area contributed by atoms with E-state index in [2.05, 4.69) is 14.9 Å². The largest absolute Gasteiger partial charge is 0.376 e. The molecule has 0 radical (unpaired) electrons. The molecule has 1 fully saturated rings. The lowest BCUT2D eigenvalue weighted by atomic mass is 10.1. The van der Waals surface area contributed by atoms with Crippen LogP contribution in [0.5, 0.6) is 0 Å². The second kappa shape index (κ2) is 8.87. The van der Waals surface area contributed by atoms with Gasteiger partial charge in [0, 0.05) is 49.8 Å². The first-order chi connectivity index (χ1) is 12.6. The molecule has 138 valence electrons. The lowest BCUT2D eigenvalue weighted by Crippen LogP contribution is -2.41. The van der Waals surface area contributed by atoms with E-state index in [0.717, 1.165) is 31.6 Å². The molecule has 2 heterocycles. The van der Waals surface area contributed by atoms with E-state index in [9.17, 15) is 4.79 Å². The minimum atomic E-state index is 0.0443. The predicted octanol–water partition coefficient (Wildman–Crippen LogP) is 2.33. The summed E-state index contributed by atoms with van der Waals surface area (Å²) in [4.78, 5) is 25.5. The van der Waals surface area contributed by atoms with Crippen LogP contribution in [0.4, 0.5) is 0 Å². The van der Waals surface area contributed by atoms with Crippen LogP contribution in [0.3, 0.4) is 0 Å². The van der Waals surface area contributed by atoms with Crippen molar-refractivity contribution in [3.63, 3.8) is 0 Å². The van der Waals surface area contributed by atoms with Gasteiger partial charge in [-0.05, 0) is 45.1 Å². The Balaban J connectivity index is 1.72. The van der Waals surface area contributed by atoms with Crippen molar-refractivity contribution < 1.29 is 9.53 Å². The van der Waals surface area contributed by atoms with Gasteiger partial charge in [-0.2, -0.15) is 0 Å². The summed E-state index contributed by atoms with van der Waals surface area (Å²) in [5, 5.41) is 0. The Bertz CT molecular complexity index is 698. The third kappa shape index (κ3) is 4.86. The Morgan fingerprint density at radius 2 is 1.88 bits per heavy atom. The number of hydrogen-bond donors (Lipinski definition) is 0. The quantitative estimate of drug-likeness (QED) is 0.764. The number of likely N-dealkylation sites (N-methyl/N-ethyl adjacent to an activating group) is 1. The molecule has 1 atom stereocenters. The molecule has 0 spiro atoms. The highest BCUT2D eigenvalue weighted by Gasteiger charge is 2.23. The first kappa shape index (κ1) is 18.5. The molecule has 0 saturated carbocycles. The minimum absolute atomic E-state index is 0.0443. The monoisotopic (exact) mass is 354 g/mol. The average molecular weight is 354 g/mol. The van der Waals surface area contributed by atoms with E-state index in [1.807, 2.05) is 43.3 Å². The number of hydrogen-bond acceptors (Lipinski definition) is 5. The standard InChI is InChI=1S/C20H26N4O2/c1-23(2)12-13-24(15-18-5-3-14-26-18)20(25)17-8-6-16(7-9-17)19-21-10-4-11-22-19/h4,6-11,18H,3,5,12-15H2,1-2H3/t18-/m0/s1. The third-order valence-electron chi connectivity index (χ3n) is 4.51. The molecule has 3 rings (SSSR count). The molecule has 0 aliphatic carbocycles. The van der Waals surface area contributed by atoms with E-state index < -0.39 is 0 Å². The molecule has 26 heavy (non-hydrogen) atoms. The van der Waals surface area contributed by atoms with Crippen LogP contribution in [0.1, 0.15) is 23.2 Å². The van der Waals surface area contributed by atoms with Crippen LogP contribution in [0.25, 0.3) is 11.4 Å². The second-order valence-corrected chi connectivity index (χ2v) is 6.84. The van der Waals surface area contributed by atoms with Crippen LogP contribution in [0, 0.1) is 0 Å². The molecule has 1 amide bonds. The van der Waals surface area contributed by atoms with Crippen LogP contribution >= 0.6 is 0 Å². The average Bonchev–Trinajstić information content (AvgIpc) is 3.18. The summed E-state index contributed by atoms with van der Waals surface area (Å²) >= 11 is 0. The SMILES string of the molecule is CN(C)CCN(C[C@@H]1CCCO1)C(=O)c1ccc(-c2ncccn2)cc1. The summed E-state index contributed by atoms with van der Waals surface area (Å²) in [6.07, 6.45) is 5.68. The molecule has 0 N–H and O–H groups in total. The van der Waals surface area contributed by atoms with Crippen molar-refractivity contribution in [2.75, 3.05) is 40.3 Å². The van der Waals surface area contributed by atoms with Gasteiger partial charge >= 0.3 is 0 Å². The van der Waals surface area contributed by atoms with Gasteiger partial charge in [-0.25, -0.2) is 9.97 Å². The summed E-state index contributed by atoms with van der Waals surface area (Å²) in [5.41, 5.74) is 1.59. The van der Waals surface area contributed by atoms with Crippen molar-refractivity contribution in [1.29, 1.82) is 0 Å². The second-order valence-electron chi connectivity index (χ2n) is 6.84. The lowest BCUT2D eigenvalue weighted by Gasteiger charge is -2.27. The highest BCUT2D eigenvalue weighted by Crippen LogP contribution is 2.18. The normalized spacial score (nSPS) is 16.8. The maximum Gasteiger partial charge on any atom is 0.253 e. The van der Waals surface area contributed by atoms with Gasteiger partial charge in [-0.15, -0.1) is 0 Å². The molecule has 1 aliphatic heterocycles. The zero-order valence-electron chi connectivity index (χ0n) is 15.5. The van der Waals surface area contributed by atoms with Crippen LogP contribution in [0.15, 0.2) is 42.7 Å². The van der Waals surface area contributed by atoms with Crippen LogP contribution in [-0.4, -0.2) is 72.1 Å². The molecule has 1 aromatic carbocycles. The smallest absolute Gasteiger partial charge is 0.253 e. The van der Waals surface area contributed by atoms with Gasteiger partial charge in [0.1, 0.15) is 0 Å². The number of aromatic nitrogens is 2. The summed E-state index contributed by atoms with van der Waals surface area (Å²) in [7, 11) is 4.03. The predicted molar refractivity (Wildman–Crippen MR) is 101 cm³/mol. The zero-order valence-corrected chi connectivity index (χ0v) is 15.5. The number of rotatable bonds is 7. The lowest BCUT2D eigenvalue weighted by molar-refractivity contribution is 0.0512. The minimum Gasteiger partial charge on any atom is -0.376 e. The number of amides is 1. The van der Waals surface area contributed by atoms with Gasteiger partial charge in [0.25, 0.3) is 5.91 Å². The fourth-order valence-electron chi connectivity index (χ4n) is 3.02. The Morgan fingerprint density at radius 3 is 2.50 bits per heavy atom. The van der Waals surface area contributed by atoms with E-state index in [1.54, 1.807) is 18.5 Å². The Kier molecular flexibility index (Phi) is 6.30. The highest BCUT2D eigenvalue weighted by molar-refractivity contribution is 5.94. The maximum absolute atomic E-state index is 13.0.